The summed E-state index contributed by atoms with van der Waals surface area (Å²) in [5, 5.41) is 8.55. The van der Waals surface area contributed by atoms with Crippen LogP contribution in [-0.4, -0.2) is 30.0 Å². The van der Waals surface area contributed by atoms with Crippen molar-refractivity contribution in [1.29, 1.82) is 0 Å². The highest BCUT2D eigenvalue weighted by Crippen LogP contribution is 2.16. The van der Waals surface area contributed by atoms with Crippen molar-refractivity contribution in [1.82, 2.24) is 0 Å². The summed E-state index contributed by atoms with van der Waals surface area (Å²) < 4.78 is 1.15. The van der Waals surface area contributed by atoms with E-state index in [-0.39, 0.29) is 6.61 Å². The van der Waals surface area contributed by atoms with Gasteiger partial charge in [0.1, 0.15) is 12.6 Å². The van der Waals surface area contributed by atoms with Gasteiger partial charge in [0, 0.05) is 25.3 Å². The molecular formula is C16H15IO3S. The Morgan fingerprint density at radius 1 is 0.905 bits per heavy atom. The van der Waals surface area contributed by atoms with Crippen molar-refractivity contribution in [2.24, 2.45) is 0 Å². The fraction of sp³-hybridized carbons (Fsp3) is 0.125. The van der Waals surface area contributed by atoms with E-state index in [1.54, 1.807) is 36.0 Å². The van der Waals surface area contributed by atoms with Crippen LogP contribution in [0.3, 0.4) is 0 Å². The molecule has 21 heavy (non-hydrogen) atoms. The first-order valence-corrected chi connectivity index (χ1v) is 8.25. The van der Waals surface area contributed by atoms with Crippen molar-refractivity contribution in [2.75, 3.05) is 12.4 Å². The van der Waals surface area contributed by atoms with Crippen molar-refractivity contribution in [3.05, 3.63) is 63.2 Å². The van der Waals surface area contributed by atoms with E-state index in [4.69, 9.17) is 5.11 Å². The number of hydrogen-bond donors (Lipinski definition) is 1. The third-order valence-corrected chi connectivity index (χ3v) is 4.09. The Labute approximate surface area is 141 Å². The van der Waals surface area contributed by atoms with Crippen LogP contribution in [0.5, 0.6) is 0 Å². The zero-order valence-electron chi connectivity index (χ0n) is 11.2. The number of aldehydes is 2. The highest BCUT2D eigenvalue weighted by molar-refractivity contribution is 14.1. The Kier molecular flexibility index (Phi) is 8.96. The molecule has 0 aliphatic carbocycles. The molecule has 1 N–H and O–H groups in total. The molecule has 0 aliphatic rings. The van der Waals surface area contributed by atoms with Gasteiger partial charge in [0.2, 0.25) is 0 Å². The molecule has 0 unspecified atom stereocenters. The van der Waals surface area contributed by atoms with E-state index in [1.165, 1.54) is 0 Å². The Morgan fingerprint density at radius 3 is 1.81 bits per heavy atom. The summed E-state index contributed by atoms with van der Waals surface area (Å²) in [5.41, 5.74) is 1.42. The highest BCUT2D eigenvalue weighted by Gasteiger charge is 1.93. The van der Waals surface area contributed by atoms with E-state index in [0.29, 0.717) is 11.3 Å². The Morgan fingerprint density at radius 2 is 1.38 bits per heavy atom. The summed E-state index contributed by atoms with van der Waals surface area (Å²) in [7, 11) is 0. The summed E-state index contributed by atoms with van der Waals surface area (Å²) in [6, 6.07) is 14.7. The van der Waals surface area contributed by atoms with E-state index in [2.05, 4.69) is 22.6 Å². The third-order valence-electron chi connectivity index (χ3n) is 2.38. The second-order valence-electron chi connectivity index (χ2n) is 3.93. The molecule has 0 heterocycles. The number of hydrogen-bond acceptors (Lipinski definition) is 4. The number of carbonyl (C=O) groups excluding carboxylic acids is 2. The van der Waals surface area contributed by atoms with Crippen LogP contribution >= 0.6 is 34.4 Å². The van der Waals surface area contributed by atoms with Crippen LogP contribution in [0, 0.1) is 3.57 Å². The molecule has 0 saturated heterocycles. The normalized spacial score (nSPS) is 9.43. The van der Waals surface area contributed by atoms with E-state index in [1.807, 2.05) is 24.3 Å². The maximum absolute atomic E-state index is 10.3. The Hall–Kier alpha value is -1.18. The Balaban J connectivity index is 0.000000219. The number of thioether (sulfide) groups is 1. The lowest BCUT2D eigenvalue weighted by molar-refractivity contribution is 0.111. The van der Waals surface area contributed by atoms with E-state index >= 15 is 0 Å². The molecule has 0 fully saturated rings. The van der Waals surface area contributed by atoms with E-state index in [9.17, 15) is 9.59 Å². The van der Waals surface area contributed by atoms with Gasteiger partial charge in [-0.3, -0.25) is 9.59 Å². The van der Waals surface area contributed by atoms with Crippen molar-refractivity contribution in [3.63, 3.8) is 0 Å². The summed E-state index contributed by atoms with van der Waals surface area (Å²) in [6.07, 6.45) is 1.66. The number of rotatable bonds is 5. The second-order valence-corrected chi connectivity index (χ2v) is 6.34. The summed E-state index contributed by atoms with van der Waals surface area (Å²) in [6.45, 7) is 0.181. The SMILES string of the molecule is O=Cc1ccc(I)cc1.O=Cc1ccc(SCCO)cc1. The van der Waals surface area contributed by atoms with Crippen LogP contribution in [0.25, 0.3) is 0 Å². The largest absolute Gasteiger partial charge is 0.396 e. The molecule has 0 radical (unpaired) electrons. The highest BCUT2D eigenvalue weighted by atomic mass is 127. The predicted molar refractivity (Wildman–Crippen MR) is 94.2 cm³/mol. The molecule has 0 bridgehead atoms. The minimum Gasteiger partial charge on any atom is -0.396 e. The maximum Gasteiger partial charge on any atom is 0.150 e. The molecule has 5 heteroatoms. The quantitative estimate of drug-likeness (QED) is 0.461. The van der Waals surface area contributed by atoms with Gasteiger partial charge in [-0.05, 0) is 46.9 Å². The van der Waals surface area contributed by atoms with Crippen molar-refractivity contribution >= 4 is 46.9 Å². The fourth-order valence-corrected chi connectivity index (χ4v) is 2.36. The molecule has 0 aromatic heterocycles. The second kappa shape index (κ2) is 10.5. The molecule has 2 aromatic rings. The van der Waals surface area contributed by atoms with Crippen LogP contribution in [0.4, 0.5) is 0 Å². The van der Waals surface area contributed by atoms with Gasteiger partial charge in [0.05, 0.1) is 6.61 Å². The predicted octanol–water partition coefficient (Wildman–Crippen LogP) is 3.69. The number of carbonyl (C=O) groups is 2. The van der Waals surface area contributed by atoms with Crippen LogP contribution in [0.1, 0.15) is 20.7 Å². The van der Waals surface area contributed by atoms with Crippen molar-refractivity contribution in [2.45, 2.75) is 4.90 Å². The van der Waals surface area contributed by atoms with Crippen LogP contribution in [0.15, 0.2) is 53.4 Å². The van der Waals surface area contributed by atoms with Gasteiger partial charge in [-0.2, -0.15) is 0 Å². The van der Waals surface area contributed by atoms with Gasteiger partial charge in [-0.15, -0.1) is 11.8 Å². The number of halogens is 1. The van der Waals surface area contributed by atoms with E-state index in [0.717, 1.165) is 26.6 Å². The molecule has 3 nitrogen and oxygen atoms in total. The molecule has 2 aromatic carbocycles. The minimum absolute atomic E-state index is 0.181. The first-order valence-electron chi connectivity index (χ1n) is 6.19. The molecule has 0 atom stereocenters. The fourth-order valence-electron chi connectivity index (χ4n) is 1.35. The average molecular weight is 414 g/mol. The number of benzene rings is 2. The van der Waals surface area contributed by atoms with Gasteiger partial charge in [0.25, 0.3) is 0 Å². The van der Waals surface area contributed by atoms with Crippen molar-refractivity contribution in [3.8, 4) is 0 Å². The molecule has 0 amide bonds. The lowest BCUT2D eigenvalue weighted by atomic mass is 10.2. The summed E-state index contributed by atoms with van der Waals surface area (Å²) in [5.74, 6) is 0.695. The van der Waals surface area contributed by atoms with Gasteiger partial charge in [0.15, 0.2) is 0 Å². The zero-order chi connectivity index (χ0) is 15.5. The summed E-state index contributed by atoms with van der Waals surface area (Å²) in [4.78, 5) is 21.5. The first kappa shape index (κ1) is 17.9. The molecule has 0 saturated carbocycles. The molecule has 110 valence electrons. The molecule has 0 aliphatic heterocycles. The van der Waals surface area contributed by atoms with Gasteiger partial charge in [-0.25, -0.2) is 0 Å². The standard InChI is InChI=1S/C9H10O2S.C7H5IO/c10-5-6-12-9-3-1-8(7-11)2-4-9;8-7-3-1-6(5-9)2-4-7/h1-4,7,10H,5-6H2;1-5H. The van der Waals surface area contributed by atoms with Gasteiger partial charge < -0.3 is 5.11 Å². The Bertz CT molecular complexity index is 553. The third kappa shape index (κ3) is 7.40. The maximum atomic E-state index is 10.3. The molecular weight excluding hydrogens is 399 g/mol. The first-order chi connectivity index (χ1) is 10.2. The molecule has 2 rings (SSSR count). The smallest absolute Gasteiger partial charge is 0.150 e. The average Bonchev–Trinajstić information content (AvgIpc) is 2.55. The number of aliphatic hydroxyl groups is 1. The van der Waals surface area contributed by atoms with E-state index < -0.39 is 0 Å². The van der Waals surface area contributed by atoms with Gasteiger partial charge >= 0.3 is 0 Å². The van der Waals surface area contributed by atoms with Crippen LogP contribution in [0.2, 0.25) is 0 Å². The molecule has 0 spiro atoms. The number of aliphatic hydroxyl groups excluding tert-OH is 1. The zero-order valence-corrected chi connectivity index (χ0v) is 14.2. The monoisotopic (exact) mass is 414 g/mol. The van der Waals surface area contributed by atoms with Gasteiger partial charge in [-0.1, -0.05) is 24.3 Å². The van der Waals surface area contributed by atoms with Crippen LogP contribution < -0.4 is 0 Å². The van der Waals surface area contributed by atoms with Crippen LogP contribution in [-0.2, 0) is 0 Å². The minimum atomic E-state index is 0.181. The topological polar surface area (TPSA) is 54.4 Å². The lowest BCUT2D eigenvalue weighted by Crippen LogP contribution is -1.85. The lowest BCUT2D eigenvalue weighted by Gasteiger charge is -1.98. The van der Waals surface area contributed by atoms with Crippen molar-refractivity contribution < 1.29 is 14.7 Å². The summed E-state index contributed by atoms with van der Waals surface area (Å²) >= 11 is 3.77.